The van der Waals surface area contributed by atoms with Crippen LogP contribution < -0.4 is 10.6 Å². The molecule has 120 valence electrons. The molecule has 0 aromatic carbocycles. The largest absolute Gasteiger partial charge is 0.382 e. The summed E-state index contributed by atoms with van der Waals surface area (Å²) in [6.45, 7) is 9.62. The summed E-state index contributed by atoms with van der Waals surface area (Å²) in [5.41, 5.74) is 0. The SMILES string of the molecule is CCOCCCNC(=NC)NCCS(=O)(=O)C(C)(C)C. The molecule has 0 bridgehead atoms. The molecule has 0 aromatic heterocycles. The van der Waals surface area contributed by atoms with Gasteiger partial charge in [0.15, 0.2) is 15.8 Å². The summed E-state index contributed by atoms with van der Waals surface area (Å²) in [5, 5.41) is 6.12. The highest BCUT2D eigenvalue weighted by Gasteiger charge is 2.28. The number of nitrogens with one attached hydrogen (secondary N) is 2. The molecule has 0 fully saturated rings. The van der Waals surface area contributed by atoms with Crippen molar-refractivity contribution in [2.75, 3.05) is 39.1 Å². The van der Waals surface area contributed by atoms with Gasteiger partial charge in [-0.2, -0.15) is 0 Å². The number of nitrogens with zero attached hydrogens (tertiary/aromatic N) is 1. The third-order valence-corrected chi connectivity index (χ3v) is 5.39. The topological polar surface area (TPSA) is 79.8 Å². The van der Waals surface area contributed by atoms with Gasteiger partial charge in [0.25, 0.3) is 0 Å². The lowest BCUT2D eigenvalue weighted by molar-refractivity contribution is 0.145. The Morgan fingerprint density at radius 3 is 2.30 bits per heavy atom. The van der Waals surface area contributed by atoms with E-state index in [2.05, 4.69) is 15.6 Å². The van der Waals surface area contributed by atoms with Crippen LogP contribution in [0.15, 0.2) is 4.99 Å². The molecule has 0 aromatic rings. The Labute approximate surface area is 123 Å². The molecule has 0 atom stereocenters. The van der Waals surface area contributed by atoms with Gasteiger partial charge in [0.2, 0.25) is 0 Å². The zero-order valence-corrected chi connectivity index (χ0v) is 14.1. The molecule has 0 aliphatic heterocycles. The lowest BCUT2D eigenvalue weighted by Gasteiger charge is -2.19. The lowest BCUT2D eigenvalue weighted by atomic mass is 10.3. The molecule has 0 aliphatic rings. The first-order chi connectivity index (χ1) is 9.24. The van der Waals surface area contributed by atoms with Gasteiger partial charge in [-0.1, -0.05) is 0 Å². The van der Waals surface area contributed by atoms with Crippen molar-refractivity contribution in [2.45, 2.75) is 38.9 Å². The molecule has 7 heteroatoms. The summed E-state index contributed by atoms with van der Waals surface area (Å²) < 4.78 is 28.4. The van der Waals surface area contributed by atoms with Crippen LogP contribution in [0.25, 0.3) is 0 Å². The standard InChI is InChI=1S/C13H29N3O3S/c1-6-19-10-7-8-15-12(14-5)16-9-11-20(17,18)13(2,3)4/h6-11H2,1-5H3,(H2,14,15,16). The summed E-state index contributed by atoms with van der Waals surface area (Å²) in [6, 6.07) is 0. The minimum atomic E-state index is -3.10. The molecule has 6 nitrogen and oxygen atoms in total. The maximum atomic E-state index is 11.9. The summed E-state index contributed by atoms with van der Waals surface area (Å²) in [6.07, 6.45) is 0.884. The normalized spacial score (nSPS) is 13.3. The molecule has 0 radical (unpaired) electrons. The van der Waals surface area contributed by atoms with Crippen LogP contribution in [0.1, 0.15) is 34.1 Å². The average molecular weight is 307 g/mol. The van der Waals surface area contributed by atoms with E-state index < -0.39 is 14.6 Å². The lowest BCUT2D eigenvalue weighted by Crippen LogP contribution is -2.42. The first-order valence-corrected chi connectivity index (χ1v) is 8.64. The fraction of sp³-hybridized carbons (Fsp3) is 0.923. The van der Waals surface area contributed by atoms with Crippen molar-refractivity contribution in [3.8, 4) is 0 Å². The van der Waals surface area contributed by atoms with Gasteiger partial charge in [0.1, 0.15) is 0 Å². The predicted octanol–water partition coefficient (Wildman–Crippen LogP) is 0.791. The molecular formula is C13H29N3O3S. The molecule has 2 N–H and O–H groups in total. The van der Waals surface area contributed by atoms with Crippen LogP contribution in [0.5, 0.6) is 0 Å². The zero-order valence-electron chi connectivity index (χ0n) is 13.3. The minimum absolute atomic E-state index is 0.0934. The van der Waals surface area contributed by atoms with Crippen molar-refractivity contribution in [1.29, 1.82) is 0 Å². The third kappa shape index (κ3) is 7.69. The quantitative estimate of drug-likeness (QED) is 0.394. The molecular weight excluding hydrogens is 278 g/mol. The fourth-order valence-corrected chi connectivity index (χ4v) is 2.34. The van der Waals surface area contributed by atoms with Crippen LogP contribution in [0, 0.1) is 0 Å². The van der Waals surface area contributed by atoms with E-state index in [4.69, 9.17) is 4.74 Å². The molecule has 0 saturated carbocycles. The Bertz CT molecular complexity index is 386. The molecule has 20 heavy (non-hydrogen) atoms. The van der Waals surface area contributed by atoms with Gasteiger partial charge >= 0.3 is 0 Å². The van der Waals surface area contributed by atoms with Gasteiger partial charge in [0.05, 0.1) is 10.5 Å². The second kappa shape index (κ2) is 9.18. The molecule has 0 spiro atoms. The van der Waals surface area contributed by atoms with Crippen LogP contribution in [0.2, 0.25) is 0 Å². The van der Waals surface area contributed by atoms with Gasteiger partial charge in [-0.15, -0.1) is 0 Å². The number of rotatable bonds is 8. The van der Waals surface area contributed by atoms with Gasteiger partial charge < -0.3 is 15.4 Å². The molecule has 0 unspecified atom stereocenters. The van der Waals surface area contributed by atoms with Crippen molar-refractivity contribution in [3.05, 3.63) is 0 Å². The van der Waals surface area contributed by atoms with E-state index in [-0.39, 0.29) is 5.75 Å². The molecule has 0 rings (SSSR count). The Kier molecular flexibility index (Phi) is 8.80. The Hall–Kier alpha value is -0.820. The highest BCUT2D eigenvalue weighted by atomic mass is 32.2. The third-order valence-electron chi connectivity index (χ3n) is 2.78. The van der Waals surface area contributed by atoms with E-state index in [9.17, 15) is 8.42 Å². The zero-order chi connectivity index (χ0) is 15.6. The van der Waals surface area contributed by atoms with Crippen molar-refractivity contribution >= 4 is 15.8 Å². The minimum Gasteiger partial charge on any atom is -0.382 e. The number of ether oxygens (including phenoxy) is 1. The second-order valence-electron chi connectivity index (χ2n) is 5.41. The van der Waals surface area contributed by atoms with E-state index >= 15 is 0 Å². The van der Waals surface area contributed by atoms with Gasteiger partial charge in [0, 0.05) is 33.4 Å². The molecule has 0 aliphatic carbocycles. The smallest absolute Gasteiger partial charge is 0.191 e. The molecule has 0 amide bonds. The van der Waals surface area contributed by atoms with E-state index in [1.165, 1.54) is 0 Å². The van der Waals surface area contributed by atoms with E-state index in [1.807, 2.05) is 6.92 Å². The maximum absolute atomic E-state index is 11.9. The van der Waals surface area contributed by atoms with Crippen LogP contribution in [0.3, 0.4) is 0 Å². The summed E-state index contributed by atoms with van der Waals surface area (Å²) >= 11 is 0. The van der Waals surface area contributed by atoms with Crippen LogP contribution in [0.4, 0.5) is 0 Å². The van der Waals surface area contributed by atoms with E-state index in [1.54, 1.807) is 27.8 Å². The van der Waals surface area contributed by atoms with Crippen molar-refractivity contribution in [1.82, 2.24) is 10.6 Å². The average Bonchev–Trinajstić information content (AvgIpc) is 2.35. The number of sulfone groups is 1. The number of aliphatic imine (C=N–C) groups is 1. The van der Waals surface area contributed by atoms with Crippen molar-refractivity contribution < 1.29 is 13.2 Å². The van der Waals surface area contributed by atoms with Crippen molar-refractivity contribution in [2.24, 2.45) is 4.99 Å². The fourth-order valence-electron chi connectivity index (χ4n) is 1.36. The Morgan fingerprint density at radius 2 is 1.80 bits per heavy atom. The number of hydrogen-bond donors (Lipinski definition) is 2. The van der Waals surface area contributed by atoms with Crippen LogP contribution >= 0.6 is 0 Å². The summed E-state index contributed by atoms with van der Waals surface area (Å²) in [4.78, 5) is 4.05. The summed E-state index contributed by atoms with van der Waals surface area (Å²) in [7, 11) is -1.44. The maximum Gasteiger partial charge on any atom is 0.191 e. The van der Waals surface area contributed by atoms with Crippen LogP contribution in [-0.2, 0) is 14.6 Å². The van der Waals surface area contributed by atoms with Gasteiger partial charge in [-0.25, -0.2) is 8.42 Å². The molecule has 0 heterocycles. The monoisotopic (exact) mass is 307 g/mol. The van der Waals surface area contributed by atoms with Crippen molar-refractivity contribution in [3.63, 3.8) is 0 Å². The Balaban J connectivity index is 3.98. The number of hydrogen-bond acceptors (Lipinski definition) is 4. The second-order valence-corrected chi connectivity index (χ2v) is 8.27. The van der Waals surface area contributed by atoms with E-state index in [0.717, 1.165) is 19.6 Å². The first-order valence-electron chi connectivity index (χ1n) is 6.99. The van der Waals surface area contributed by atoms with Gasteiger partial charge in [-0.05, 0) is 34.1 Å². The Morgan fingerprint density at radius 1 is 1.20 bits per heavy atom. The number of guanidine groups is 1. The van der Waals surface area contributed by atoms with Crippen LogP contribution in [-0.4, -0.2) is 58.2 Å². The van der Waals surface area contributed by atoms with Gasteiger partial charge in [-0.3, -0.25) is 4.99 Å². The molecule has 0 saturated heterocycles. The predicted molar refractivity (Wildman–Crippen MR) is 84.0 cm³/mol. The van der Waals surface area contributed by atoms with E-state index in [0.29, 0.717) is 19.1 Å². The first kappa shape index (κ1) is 19.2. The highest BCUT2D eigenvalue weighted by Crippen LogP contribution is 2.15. The summed E-state index contributed by atoms with van der Waals surface area (Å²) in [5.74, 6) is 0.710. The highest BCUT2D eigenvalue weighted by molar-refractivity contribution is 7.92.